The molecular formula is C21H33IN4O2. The van der Waals surface area contributed by atoms with Crippen molar-refractivity contribution in [1.29, 1.82) is 0 Å². The predicted molar refractivity (Wildman–Crippen MR) is 123 cm³/mol. The van der Waals surface area contributed by atoms with Crippen molar-refractivity contribution in [3.05, 3.63) is 29.8 Å². The Morgan fingerprint density at radius 1 is 1.29 bits per heavy atom. The first-order valence-electron chi connectivity index (χ1n) is 9.89. The lowest BCUT2D eigenvalue weighted by atomic mass is 9.86. The topological polar surface area (TPSA) is 57.2 Å². The molecule has 2 aliphatic rings. The number of hydrogen-bond donors (Lipinski definition) is 1. The fraction of sp³-hybridized carbons (Fsp3) is 0.619. The summed E-state index contributed by atoms with van der Waals surface area (Å²) in [5, 5.41) is 3.49. The van der Waals surface area contributed by atoms with Gasteiger partial charge in [0, 0.05) is 40.8 Å². The molecule has 3 rings (SSSR count). The highest BCUT2D eigenvalue weighted by molar-refractivity contribution is 14.0. The number of aliphatic imine (C=N–C) groups is 1. The highest BCUT2D eigenvalue weighted by atomic mass is 127. The third kappa shape index (κ3) is 5.75. The van der Waals surface area contributed by atoms with Crippen molar-refractivity contribution in [3.8, 4) is 5.75 Å². The molecule has 1 aromatic rings. The molecule has 1 aromatic carbocycles. The Morgan fingerprint density at radius 3 is 2.71 bits per heavy atom. The molecule has 0 unspecified atom stereocenters. The number of carbonyl (C=O) groups excluding carboxylic acids is 1. The minimum absolute atomic E-state index is 0. The Hall–Kier alpha value is -1.51. The van der Waals surface area contributed by atoms with E-state index in [1.54, 1.807) is 14.1 Å². The molecule has 1 saturated carbocycles. The number of nitrogens with one attached hydrogen (secondary N) is 1. The smallest absolute Gasteiger partial charge is 0.259 e. The van der Waals surface area contributed by atoms with Gasteiger partial charge in [-0.05, 0) is 42.4 Å². The summed E-state index contributed by atoms with van der Waals surface area (Å²) < 4.78 is 5.61. The molecule has 1 aliphatic carbocycles. The third-order valence-corrected chi connectivity index (χ3v) is 5.82. The lowest BCUT2D eigenvalue weighted by Gasteiger charge is -2.26. The highest BCUT2D eigenvalue weighted by Crippen LogP contribution is 2.45. The van der Waals surface area contributed by atoms with Crippen LogP contribution in [0.3, 0.4) is 0 Å². The van der Waals surface area contributed by atoms with Gasteiger partial charge >= 0.3 is 0 Å². The number of halogens is 1. The molecule has 2 fully saturated rings. The second-order valence-electron chi connectivity index (χ2n) is 8.00. The van der Waals surface area contributed by atoms with Crippen molar-refractivity contribution in [3.63, 3.8) is 0 Å². The van der Waals surface area contributed by atoms with Crippen molar-refractivity contribution in [1.82, 2.24) is 15.1 Å². The Bertz CT molecular complexity index is 687. The number of likely N-dealkylation sites (tertiary alicyclic amines) is 1. The number of carbonyl (C=O) groups is 1. The summed E-state index contributed by atoms with van der Waals surface area (Å²) in [4.78, 5) is 20.1. The van der Waals surface area contributed by atoms with Crippen molar-refractivity contribution in [2.45, 2.75) is 38.6 Å². The van der Waals surface area contributed by atoms with E-state index in [0.717, 1.165) is 24.6 Å². The standard InChI is InChI=1S/C21H32N4O2.HI/c1-22-20(25-12-11-21(16-25)9-4-5-10-21)23-14-17-7-6-8-18(13-17)27-15-19(26)24(2)3;/h6-8,13H,4-5,9-12,14-16H2,1-3H3,(H,22,23);1H. The van der Waals surface area contributed by atoms with E-state index >= 15 is 0 Å². The van der Waals surface area contributed by atoms with Gasteiger partial charge in [-0.3, -0.25) is 9.79 Å². The maximum Gasteiger partial charge on any atom is 0.259 e. The van der Waals surface area contributed by atoms with Crippen molar-refractivity contribution in [2.75, 3.05) is 40.8 Å². The summed E-state index contributed by atoms with van der Waals surface area (Å²) in [5.41, 5.74) is 1.64. The zero-order chi connectivity index (χ0) is 19.3. The second-order valence-corrected chi connectivity index (χ2v) is 8.00. The second kappa shape index (κ2) is 10.3. The van der Waals surface area contributed by atoms with Crippen LogP contribution in [0.15, 0.2) is 29.3 Å². The summed E-state index contributed by atoms with van der Waals surface area (Å²) >= 11 is 0. The summed E-state index contributed by atoms with van der Waals surface area (Å²) in [6, 6.07) is 7.87. The van der Waals surface area contributed by atoms with Crippen LogP contribution in [0.1, 0.15) is 37.7 Å². The van der Waals surface area contributed by atoms with Crippen LogP contribution in [-0.4, -0.2) is 62.5 Å². The van der Waals surface area contributed by atoms with Gasteiger partial charge in [-0.1, -0.05) is 25.0 Å². The van der Waals surface area contributed by atoms with Gasteiger partial charge in [-0.15, -0.1) is 24.0 Å². The van der Waals surface area contributed by atoms with Crippen LogP contribution < -0.4 is 10.1 Å². The van der Waals surface area contributed by atoms with Gasteiger partial charge in [-0.2, -0.15) is 0 Å². The number of nitrogens with zero attached hydrogens (tertiary/aromatic N) is 3. The van der Waals surface area contributed by atoms with E-state index < -0.39 is 0 Å². The van der Waals surface area contributed by atoms with E-state index in [0.29, 0.717) is 17.7 Å². The lowest BCUT2D eigenvalue weighted by molar-refractivity contribution is -0.130. The summed E-state index contributed by atoms with van der Waals surface area (Å²) in [6.07, 6.45) is 6.78. The van der Waals surface area contributed by atoms with E-state index in [-0.39, 0.29) is 36.5 Å². The molecule has 156 valence electrons. The number of guanidine groups is 1. The van der Waals surface area contributed by atoms with Crippen molar-refractivity contribution < 1.29 is 9.53 Å². The molecule has 0 aromatic heterocycles. The maximum absolute atomic E-state index is 11.7. The van der Waals surface area contributed by atoms with Gasteiger partial charge in [0.25, 0.3) is 5.91 Å². The first-order chi connectivity index (χ1) is 13.0. The zero-order valence-electron chi connectivity index (χ0n) is 17.2. The summed E-state index contributed by atoms with van der Waals surface area (Å²) in [7, 11) is 5.31. The number of benzene rings is 1. The number of likely N-dealkylation sites (N-methyl/N-ethyl adjacent to an activating group) is 1. The molecule has 0 atom stereocenters. The maximum atomic E-state index is 11.7. The SMILES string of the molecule is CN=C(NCc1cccc(OCC(=O)N(C)C)c1)N1CCC2(CCCC2)C1.I. The molecule has 1 N–H and O–H groups in total. The zero-order valence-corrected chi connectivity index (χ0v) is 19.6. The third-order valence-electron chi connectivity index (χ3n) is 5.82. The van der Waals surface area contributed by atoms with Crippen molar-refractivity contribution in [2.24, 2.45) is 10.4 Å². The average molecular weight is 500 g/mol. The largest absolute Gasteiger partial charge is 0.484 e. The Labute approximate surface area is 185 Å². The fourth-order valence-electron chi connectivity index (χ4n) is 4.18. The number of rotatable bonds is 5. The van der Waals surface area contributed by atoms with Gasteiger partial charge in [0.05, 0.1) is 0 Å². The quantitative estimate of drug-likeness (QED) is 0.384. The van der Waals surface area contributed by atoms with E-state index in [1.807, 2.05) is 25.2 Å². The van der Waals surface area contributed by atoms with Gasteiger partial charge < -0.3 is 19.9 Å². The molecule has 1 spiro atoms. The van der Waals surface area contributed by atoms with E-state index in [9.17, 15) is 4.79 Å². The number of amides is 1. The predicted octanol–water partition coefficient (Wildman–Crippen LogP) is 3.11. The molecule has 7 heteroatoms. The first-order valence-corrected chi connectivity index (χ1v) is 9.89. The summed E-state index contributed by atoms with van der Waals surface area (Å²) in [6.45, 7) is 2.97. The molecule has 1 heterocycles. The molecule has 6 nitrogen and oxygen atoms in total. The Kier molecular flexibility index (Phi) is 8.39. The average Bonchev–Trinajstić information content (AvgIpc) is 3.30. The molecule has 1 aliphatic heterocycles. The van der Waals surface area contributed by atoms with E-state index in [2.05, 4.69) is 21.3 Å². The van der Waals surface area contributed by atoms with Crippen LogP contribution in [0, 0.1) is 5.41 Å². The van der Waals surface area contributed by atoms with Gasteiger partial charge in [0.1, 0.15) is 5.75 Å². The Morgan fingerprint density at radius 2 is 2.04 bits per heavy atom. The number of hydrogen-bond acceptors (Lipinski definition) is 3. The van der Waals surface area contributed by atoms with Crippen molar-refractivity contribution >= 4 is 35.8 Å². The number of ether oxygens (including phenoxy) is 1. The van der Waals surface area contributed by atoms with Crippen LogP contribution >= 0.6 is 24.0 Å². The molecule has 0 radical (unpaired) electrons. The van der Waals surface area contributed by atoms with Crippen LogP contribution in [0.25, 0.3) is 0 Å². The fourth-order valence-corrected chi connectivity index (χ4v) is 4.18. The van der Waals surface area contributed by atoms with Gasteiger partial charge in [0.15, 0.2) is 12.6 Å². The van der Waals surface area contributed by atoms with Gasteiger partial charge in [-0.25, -0.2) is 0 Å². The van der Waals surface area contributed by atoms with Gasteiger partial charge in [0.2, 0.25) is 0 Å². The molecule has 0 bridgehead atoms. The van der Waals surface area contributed by atoms with Crippen LogP contribution in [0.4, 0.5) is 0 Å². The minimum atomic E-state index is -0.0474. The van der Waals surface area contributed by atoms with Crippen LogP contribution in [-0.2, 0) is 11.3 Å². The first kappa shape index (κ1) is 22.8. The molecule has 1 saturated heterocycles. The van der Waals surface area contributed by atoms with Crippen LogP contribution in [0.5, 0.6) is 5.75 Å². The normalized spacial score (nSPS) is 18.1. The summed E-state index contributed by atoms with van der Waals surface area (Å²) in [5.74, 6) is 1.65. The molecule has 28 heavy (non-hydrogen) atoms. The molecule has 1 amide bonds. The lowest BCUT2D eigenvalue weighted by Crippen LogP contribution is -2.40. The van der Waals surface area contributed by atoms with E-state index in [1.165, 1.54) is 37.0 Å². The van der Waals surface area contributed by atoms with E-state index in [4.69, 9.17) is 4.74 Å². The monoisotopic (exact) mass is 500 g/mol. The minimum Gasteiger partial charge on any atom is -0.484 e. The Balaban J connectivity index is 0.00000280. The highest BCUT2D eigenvalue weighted by Gasteiger charge is 2.41. The molecular weight excluding hydrogens is 467 g/mol. The van der Waals surface area contributed by atoms with Crippen LogP contribution in [0.2, 0.25) is 0 Å².